The van der Waals surface area contributed by atoms with Crippen LogP contribution in [0.2, 0.25) is 0 Å². The van der Waals surface area contributed by atoms with Crippen LogP contribution in [0.25, 0.3) is 0 Å². The molecule has 5 heteroatoms. The third-order valence-electron chi connectivity index (χ3n) is 3.84. The van der Waals surface area contributed by atoms with E-state index in [0.717, 1.165) is 24.8 Å². The van der Waals surface area contributed by atoms with Gasteiger partial charge in [-0.25, -0.2) is 5.84 Å². The average Bonchev–Trinajstić information content (AvgIpc) is 2.49. The number of nitrogens with zero attached hydrogens (tertiary/aromatic N) is 1. The molecule has 0 aliphatic carbocycles. The number of carbonyl (C=O) groups is 1. The van der Waals surface area contributed by atoms with Gasteiger partial charge in [-0.05, 0) is 37.3 Å². The number of rotatable bonds is 7. The smallest absolute Gasteiger partial charge is 0.268 e. The third-order valence-corrected chi connectivity index (χ3v) is 3.84. The standard InChI is InChI=1S/C18H30N2O3/c1-13-15(22-5)11-14(12-16(13)23-6)17(21)20(19)10-8-7-9-18(2,3)4/h11-12H,7-10,19H2,1-6H3. The zero-order valence-corrected chi connectivity index (χ0v) is 15.2. The van der Waals surface area contributed by atoms with Gasteiger partial charge in [-0.15, -0.1) is 0 Å². The maximum absolute atomic E-state index is 12.5. The molecule has 1 aromatic rings. The van der Waals surface area contributed by atoms with Crippen molar-refractivity contribution in [3.63, 3.8) is 0 Å². The molecule has 1 aromatic carbocycles. The third kappa shape index (κ3) is 5.75. The summed E-state index contributed by atoms with van der Waals surface area (Å²) in [5, 5.41) is 1.27. The molecule has 0 atom stereocenters. The highest BCUT2D eigenvalue weighted by Gasteiger charge is 2.17. The second-order valence-corrected chi connectivity index (χ2v) is 7.02. The zero-order chi connectivity index (χ0) is 17.6. The molecule has 23 heavy (non-hydrogen) atoms. The van der Waals surface area contributed by atoms with Crippen molar-refractivity contribution >= 4 is 5.91 Å². The molecule has 0 bridgehead atoms. The van der Waals surface area contributed by atoms with Gasteiger partial charge in [0.15, 0.2) is 0 Å². The number of nitrogens with two attached hydrogens (primary N) is 1. The van der Waals surface area contributed by atoms with Crippen molar-refractivity contribution in [3.05, 3.63) is 23.3 Å². The molecular weight excluding hydrogens is 292 g/mol. The van der Waals surface area contributed by atoms with Crippen LogP contribution in [0.1, 0.15) is 56.0 Å². The van der Waals surface area contributed by atoms with Crippen molar-refractivity contribution in [2.45, 2.75) is 47.0 Å². The lowest BCUT2D eigenvalue weighted by atomic mass is 9.90. The van der Waals surface area contributed by atoms with E-state index in [1.165, 1.54) is 5.01 Å². The summed E-state index contributed by atoms with van der Waals surface area (Å²) in [7, 11) is 3.14. The summed E-state index contributed by atoms with van der Waals surface area (Å²) in [6.45, 7) is 9.06. The second kappa shape index (κ2) is 8.20. The van der Waals surface area contributed by atoms with E-state index in [0.29, 0.717) is 29.0 Å². The number of benzene rings is 1. The Bertz CT molecular complexity index is 511. The van der Waals surface area contributed by atoms with Crippen LogP contribution in [0.15, 0.2) is 12.1 Å². The van der Waals surface area contributed by atoms with E-state index in [1.807, 2.05) is 6.92 Å². The number of hydrogen-bond acceptors (Lipinski definition) is 4. The predicted octanol–water partition coefficient (Wildman–Crippen LogP) is 3.54. The second-order valence-electron chi connectivity index (χ2n) is 7.02. The molecule has 0 saturated carbocycles. The van der Waals surface area contributed by atoms with Gasteiger partial charge in [-0.1, -0.05) is 27.2 Å². The van der Waals surface area contributed by atoms with Crippen LogP contribution >= 0.6 is 0 Å². The van der Waals surface area contributed by atoms with E-state index >= 15 is 0 Å². The lowest BCUT2D eigenvalue weighted by Gasteiger charge is -2.21. The molecule has 0 spiro atoms. The molecule has 0 radical (unpaired) electrons. The van der Waals surface area contributed by atoms with E-state index in [1.54, 1.807) is 26.4 Å². The topological polar surface area (TPSA) is 64.8 Å². The SMILES string of the molecule is COc1cc(C(=O)N(N)CCCCC(C)(C)C)cc(OC)c1C. The van der Waals surface area contributed by atoms with Gasteiger partial charge in [0.2, 0.25) is 0 Å². The van der Waals surface area contributed by atoms with Gasteiger partial charge in [0, 0.05) is 17.7 Å². The number of unbranched alkanes of at least 4 members (excludes halogenated alkanes) is 1. The molecule has 1 amide bonds. The Morgan fingerprint density at radius 3 is 2.09 bits per heavy atom. The van der Waals surface area contributed by atoms with Gasteiger partial charge in [0.25, 0.3) is 5.91 Å². The molecule has 0 unspecified atom stereocenters. The molecule has 2 N–H and O–H groups in total. The summed E-state index contributed by atoms with van der Waals surface area (Å²) in [6, 6.07) is 3.41. The number of ether oxygens (including phenoxy) is 2. The summed E-state index contributed by atoms with van der Waals surface area (Å²) in [4.78, 5) is 12.5. The molecule has 0 heterocycles. The van der Waals surface area contributed by atoms with Crippen LogP contribution < -0.4 is 15.3 Å². The quantitative estimate of drug-likeness (QED) is 0.361. The molecule has 0 saturated heterocycles. The van der Waals surface area contributed by atoms with E-state index in [2.05, 4.69) is 20.8 Å². The van der Waals surface area contributed by atoms with E-state index in [9.17, 15) is 4.79 Å². The van der Waals surface area contributed by atoms with Gasteiger partial charge in [-0.2, -0.15) is 0 Å². The summed E-state index contributed by atoms with van der Waals surface area (Å²) < 4.78 is 10.6. The summed E-state index contributed by atoms with van der Waals surface area (Å²) >= 11 is 0. The summed E-state index contributed by atoms with van der Waals surface area (Å²) in [6.07, 6.45) is 3.05. The van der Waals surface area contributed by atoms with Gasteiger partial charge in [0.1, 0.15) is 11.5 Å². The van der Waals surface area contributed by atoms with Crippen LogP contribution in [-0.4, -0.2) is 31.7 Å². The van der Waals surface area contributed by atoms with Gasteiger partial charge in [-0.3, -0.25) is 9.80 Å². The van der Waals surface area contributed by atoms with Crippen molar-refractivity contribution in [2.24, 2.45) is 11.3 Å². The number of hydrazine groups is 1. The van der Waals surface area contributed by atoms with Gasteiger partial charge in [0.05, 0.1) is 14.2 Å². The number of amides is 1. The lowest BCUT2D eigenvalue weighted by molar-refractivity contribution is 0.0750. The number of methoxy groups -OCH3 is 2. The largest absolute Gasteiger partial charge is 0.496 e. The van der Waals surface area contributed by atoms with Crippen LogP contribution in [0.3, 0.4) is 0 Å². The van der Waals surface area contributed by atoms with E-state index in [-0.39, 0.29) is 5.91 Å². The first-order valence-corrected chi connectivity index (χ1v) is 7.99. The maximum Gasteiger partial charge on any atom is 0.268 e. The monoisotopic (exact) mass is 322 g/mol. The van der Waals surface area contributed by atoms with E-state index in [4.69, 9.17) is 15.3 Å². The highest BCUT2D eigenvalue weighted by atomic mass is 16.5. The van der Waals surface area contributed by atoms with E-state index < -0.39 is 0 Å². The molecule has 0 fully saturated rings. The Kier molecular flexibility index (Phi) is 6.88. The Labute approximate surface area is 139 Å². The van der Waals surface area contributed by atoms with Crippen LogP contribution in [0, 0.1) is 12.3 Å². The minimum absolute atomic E-state index is 0.225. The maximum atomic E-state index is 12.5. The Hall–Kier alpha value is -1.75. The molecule has 0 aromatic heterocycles. The molecule has 0 aliphatic rings. The average molecular weight is 322 g/mol. The number of carbonyl (C=O) groups excluding carboxylic acids is 1. The first-order chi connectivity index (χ1) is 10.7. The van der Waals surface area contributed by atoms with Crippen molar-refractivity contribution < 1.29 is 14.3 Å². The zero-order valence-electron chi connectivity index (χ0n) is 15.2. The van der Waals surface area contributed by atoms with Gasteiger partial charge < -0.3 is 9.47 Å². The van der Waals surface area contributed by atoms with Crippen LogP contribution in [0.4, 0.5) is 0 Å². The molecular formula is C18H30N2O3. The fourth-order valence-electron chi connectivity index (χ4n) is 2.41. The molecule has 130 valence electrons. The fraction of sp³-hybridized carbons (Fsp3) is 0.611. The Morgan fingerprint density at radius 1 is 1.13 bits per heavy atom. The van der Waals surface area contributed by atoms with Crippen molar-refractivity contribution in [1.29, 1.82) is 0 Å². The fourth-order valence-corrected chi connectivity index (χ4v) is 2.41. The van der Waals surface area contributed by atoms with Crippen molar-refractivity contribution in [1.82, 2.24) is 5.01 Å². The normalized spacial score (nSPS) is 11.3. The molecule has 0 aliphatic heterocycles. The highest BCUT2D eigenvalue weighted by molar-refractivity contribution is 5.95. The minimum atomic E-state index is -0.225. The lowest BCUT2D eigenvalue weighted by Crippen LogP contribution is -2.38. The highest BCUT2D eigenvalue weighted by Crippen LogP contribution is 2.30. The van der Waals surface area contributed by atoms with Crippen molar-refractivity contribution in [3.8, 4) is 11.5 Å². The summed E-state index contributed by atoms with van der Waals surface area (Å²) in [5.74, 6) is 6.94. The molecule has 5 nitrogen and oxygen atoms in total. The van der Waals surface area contributed by atoms with Crippen LogP contribution in [0.5, 0.6) is 11.5 Å². The minimum Gasteiger partial charge on any atom is -0.496 e. The van der Waals surface area contributed by atoms with Crippen LogP contribution in [-0.2, 0) is 0 Å². The Morgan fingerprint density at radius 2 is 1.65 bits per heavy atom. The summed E-state index contributed by atoms with van der Waals surface area (Å²) in [5.41, 5.74) is 1.64. The predicted molar refractivity (Wildman–Crippen MR) is 92.8 cm³/mol. The van der Waals surface area contributed by atoms with Gasteiger partial charge >= 0.3 is 0 Å². The van der Waals surface area contributed by atoms with Crippen molar-refractivity contribution in [2.75, 3.05) is 20.8 Å². The molecule has 1 rings (SSSR count). The first-order valence-electron chi connectivity index (χ1n) is 7.99. The first kappa shape index (κ1) is 19.3. The number of hydrogen-bond donors (Lipinski definition) is 1. The Balaban J connectivity index is 2.73.